The molecule has 2 aromatic heterocycles. The Labute approximate surface area is 136 Å². The Balaban J connectivity index is 1.88. The number of thiazole rings is 1. The van der Waals surface area contributed by atoms with Crippen LogP contribution in [0, 0.1) is 0 Å². The molecular formula is C16H15N3O3S. The lowest BCUT2D eigenvalue weighted by molar-refractivity contribution is -0.116. The monoisotopic (exact) mass is 329 g/mol. The van der Waals surface area contributed by atoms with Gasteiger partial charge in [0.05, 0.1) is 6.61 Å². The van der Waals surface area contributed by atoms with Gasteiger partial charge in [0.25, 0.3) is 0 Å². The topological polar surface area (TPSA) is 73.2 Å². The second-order valence-corrected chi connectivity index (χ2v) is 5.72. The fraction of sp³-hybridized carbons (Fsp3) is 0.188. The summed E-state index contributed by atoms with van der Waals surface area (Å²) in [5.41, 5.74) is 1.34. The summed E-state index contributed by atoms with van der Waals surface area (Å²) in [6, 6.07) is 5.50. The molecular weight excluding hydrogens is 314 g/mol. The molecule has 0 spiro atoms. The zero-order valence-corrected chi connectivity index (χ0v) is 13.3. The third kappa shape index (κ3) is 3.24. The molecule has 1 aromatic carbocycles. The first-order valence-electron chi connectivity index (χ1n) is 7.11. The number of rotatable bonds is 6. The van der Waals surface area contributed by atoms with Crippen LogP contribution < -0.4 is 10.1 Å². The van der Waals surface area contributed by atoms with Gasteiger partial charge in [0.2, 0.25) is 5.91 Å². The van der Waals surface area contributed by atoms with Crippen LogP contribution in [0.5, 0.6) is 5.75 Å². The van der Waals surface area contributed by atoms with Crippen LogP contribution in [0.2, 0.25) is 0 Å². The van der Waals surface area contributed by atoms with Crippen LogP contribution in [0.1, 0.15) is 17.3 Å². The Kier molecular flexibility index (Phi) is 4.38. The van der Waals surface area contributed by atoms with Crippen molar-refractivity contribution in [2.24, 2.45) is 0 Å². The summed E-state index contributed by atoms with van der Waals surface area (Å²) in [5.74, 6) is 0.510. The van der Waals surface area contributed by atoms with E-state index in [0.29, 0.717) is 23.1 Å². The van der Waals surface area contributed by atoms with Crippen molar-refractivity contribution < 1.29 is 14.3 Å². The highest BCUT2D eigenvalue weighted by Crippen LogP contribution is 2.25. The fourth-order valence-corrected chi connectivity index (χ4v) is 2.93. The van der Waals surface area contributed by atoms with E-state index < -0.39 is 0 Å². The number of hydrogen-bond acceptors (Lipinski definition) is 5. The number of hydrogen-bond donors (Lipinski definition) is 1. The smallest absolute Gasteiger partial charge is 0.246 e. The molecule has 0 saturated carbocycles. The van der Waals surface area contributed by atoms with Crippen LogP contribution in [-0.2, 0) is 11.3 Å². The van der Waals surface area contributed by atoms with E-state index in [1.165, 1.54) is 11.3 Å². The van der Waals surface area contributed by atoms with E-state index in [9.17, 15) is 9.59 Å². The Hall–Kier alpha value is -2.67. The van der Waals surface area contributed by atoms with Crippen LogP contribution in [0.4, 0.5) is 5.13 Å². The minimum atomic E-state index is -0.191. The fourth-order valence-electron chi connectivity index (χ4n) is 2.38. The number of aromatic nitrogens is 2. The maximum absolute atomic E-state index is 12.1. The van der Waals surface area contributed by atoms with Crippen molar-refractivity contribution in [2.75, 3.05) is 11.9 Å². The van der Waals surface area contributed by atoms with E-state index in [2.05, 4.69) is 10.3 Å². The first kappa shape index (κ1) is 15.2. The number of fused-ring (bicyclic) bond motifs is 1. The van der Waals surface area contributed by atoms with Crippen LogP contribution >= 0.6 is 11.3 Å². The van der Waals surface area contributed by atoms with E-state index >= 15 is 0 Å². The number of anilines is 1. The summed E-state index contributed by atoms with van der Waals surface area (Å²) < 4.78 is 7.21. The number of nitrogens with one attached hydrogen (secondary N) is 1. The summed E-state index contributed by atoms with van der Waals surface area (Å²) in [6.45, 7) is 2.57. The molecule has 0 saturated heterocycles. The molecule has 1 amide bonds. The Morgan fingerprint density at radius 3 is 3.04 bits per heavy atom. The number of carbonyl (C=O) groups excluding carboxylic acids is 2. The van der Waals surface area contributed by atoms with Gasteiger partial charge in [-0.05, 0) is 25.1 Å². The predicted octanol–water partition coefficient (Wildman–Crippen LogP) is 2.95. The molecule has 0 atom stereocenters. The average molecular weight is 329 g/mol. The molecule has 1 N–H and O–H groups in total. The molecule has 6 nitrogen and oxygen atoms in total. The highest BCUT2D eigenvalue weighted by molar-refractivity contribution is 7.13. The molecule has 2 heterocycles. The molecule has 7 heteroatoms. The van der Waals surface area contributed by atoms with Gasteiger partial charge in [0.1, 0.15) is 12.3 Å². The first-order chi connectivity index (χ1) is 11.2. The van der Waals surface area contributed by atoms with E-state index in [1.807, 2.05) is 25.1 Å². The quantitative estimate of drug-likeness (QED) is 0.706. The van der Waals surface area contributed by atoms with Gasteiger partial charge in [-0.25, -0.2) is 4.98 Å². The average Bonchev–Trinajstić information content (AvgIpc) is 3.15. The van der Waals surface area contributed by atoms with Crippen molar-refractivity contribution >= 4 is 39.6 Å². The highest BCUT2D eigenvalue weighted by Gasteiger charge is 2.12. The maximum Gasteiger partial charge on any atom is 0.246 e. The van der Waals surface area contributed by atoms with Crippen molar-refractivity contribution in [3.05, 3.63) is 41.5 Å². The van der Waals surface area contributed by atoms with E-state index in [-0.39, 0.29) is 12.5 Å². The van der Waals surface area contributed by atoms with Crippen LogP contribution in [0.25, 0.3) is 10.9 Å². The van der Waals surface area contributed by atoms with Gasteiger partial charge in [-0.3, -0.25) is 9.59 Å². The Morgan fingerprint density at radius 1 is 1.48 bits per heavy atom. The summed E-state index contributed by atoms with van der Waals surface area (Å²) in [4.78, 5) is 27.4. The summed E-state index contributed by atoms with van der Waals surface area (Å²) >= 11 is 1.36. The molecule has 3 aromatic rings. The van der Waals surface area contributed by atoms with Crippen LogP contribution in [0.3, 0.4) is 0 Å². The lowest BCUT2D eigenvalue weighted by atomic mass is 10.2. The maximum atomic E-state index is 12.1. The van der Waals surface area contributed by atoms with Crippen molar-refractivity contribution in [2.45, 2.75) is 13.5 Å². The summed E-state index contributed by atoms with van der Waals surface area (Å²) in [5, 5.41) is 5.85. The lowest BCUT2D eigenvalue weighted by Gasteiger charge is -2.06. The molecule has 0 radical (unpaired) electrons. The van der Waals surface area contributed by atoms with Crippen molar-refractivity contribution in [3.8, 4) is 5.75 Å². The molecule has 0 aliphatic carbocycles. The minimum Gasteiger partial charge on any atom is -0.494 e. The number of nitrogens with zero attached hydrogens (tertiary/aromatic N) is 2. The summed E-state index contributed by atoms with van der Waals surface area (Å²) in [7, 11) is 0. The molecule has 0 bridgehead atoms. The molecule has 0 unspecified atom stereocenters. The van der Waals surface area contributed by atoms with Crippen molar-refractivity contribution in [1.82, 2.24) is 9.55 Å². The van der Waals surface area contributed by atoms with Crippen LogP contribution in [-0.4, -0.2) is 28.4 Å². The molecule has 0 aliphatic rings. The van der Waals surface area contributed by atoms with Gasteiger partial charge in [-0.15, -0.1) is 11.3 Å². The van der Waals surface area contributed by atoms with Gasteiger partial charge < -0.3 is 14.6 Å². The van der Waals surface area contributed by atoms with Gasteiger partial charge >= 0.3 is 0 Å². The van der Waals surface area contributed by atoms with Crippen molar-refractivity contribution in [1.29, 1.82) is 0 Å². The number of carbonyl (C=O) groups is 2. The van der Waals surface area contributed by atoms with Gasteiger partial charge in [-0.2, -0.15) is 0 Å². The highest BCUT2D eigenvalue weighted by atomic mass is 32.1. The normalized spacial score (nSPS) is 10.7. The summed E-state index contributed by atoms with van der Waals surface area (Å²) in [6.07, 6.45) is 4.09. The molecule has 3 rings (SSSR count). The largest absolute Gasteiger partial charge is 0.494 e. The van der Waals surface area contributed by atoms with Crippen LogP contribution in [0.15, 0.2) is 36.0 Å². The van der Waals surface area contributed by atoms with E-state index in [0.717, 1.165) is 17.2 Å². The van der Waals surface area contributed by atoms with E-state index in [1.54, 1.807) is 22.3 Å². The molecule has 23 heavy (non-hydrogen) atoms. The SMILES string of the molecule is CCOc1ccc2c(c1)c(C=O)cn2CC(=O)Nc1nccs1. The van der Waals surface area contributed by atoms with Gasteiger partial charge in [0, 0.05) is 34.2 Å². The number of aldehydes is 1. The second kappa shape index (κ2) is 6.62. The zero-order chi connectivity index (χ0) is 16.2. The zero-order valence-electron chi connectivity index (χ0n) is 12.5. The number of ether oxygens (including phenoxy) is 1. The minimum absolute atomic E-state index is 0.109. The second-order valence-electron chi connectivity index (χ2n) is 4.83. The van der Waals surface area contributed by atoms with E-state index in [4.69, 9.17) is 4.74 Å². The third-order valence-corrected chi connectivity index (χ3v) is 4.00. The lowest BCUT2D eigenvalue weighted by Crippen LogP contribution is -2.18. The number of benzene rings is 1. The number of amides is 1. The molecule has 118 valence electrons. The van der Waals surface area contributed by atoms with Gasteiger partial charge in [0.15, 0.2) is 11.4 Å². The van der Waals surface area contributed by atoms with Crippen molar-refractivity contribution in [3.63, 3.8) is 0 Å². The molecule has 0 fully saturated rings. The third-order valence-electron chi connectivity index (χ3n) is 3.31. The predicted molar refractivity (Wildman–Crippen MR) is 89.2 cm³/mol. The first-order valence-corrected chi connectivity index (χ1v) is 7.99. The standard InChI is InChI=1S/C16H15N3O3S/c1-2-22-12-3-4-14-13(7-12)11(10-20)8-19(14)9-15(21)18-16-17-5-6-23-16/h3-8,10H,2,9H2,1H3,(H,17,18,21). The molecule has 0 aliphatic heterocycles. The Bertz CT molecular complexity index is 840. The van der Waals surface area contributed by atoms with Gasteiger partial charge in [-0.1, -0.05) is 0 Å². The Morgan fingerprint density at radius 2 is 2.35 bits per heavy atom.